The second-order valence-electron chi connectivity index (χ2n) is 8.46. The Labute approximate surface area is 193 Å². The highest BCUT2D eigenvalue weighted by Gasteiger charge is 2.30. The summed E-state index contributed by atoms with van der Waals surface area (Å²) in [6.45, 7) is 6.87. The Bertz CT molecular complexity index is 1330. The largest absolute Gasteiger partial charge is 0.317 e. The number of aryl methyl sites for hydroxylation is 3. The van der Waals surface area contributed by atoms with E-state index >= 15 is 0 Å². The van der Waals surface area contributed by atoms with E-state index in [1.54, 1.807) is 19.2 Å². The third-order valence-electron chi connectivity index (χ3n) is 6.24. The first-order valence-corrected chi connectivity index (χ1v) is 13.3. The van der Waals surface area contributed by atoms with Gasteiger partial charge >= 0.3 is 0 Å². The molecule has 1 heterocycles. The third-order valence-corrected chi connectivity index (χ3v) is 9.40. The fourth-order valence-electron chi connectivity index (χ4n) is 4.45. The molecule has 170 valence electrons. The highest BCUT2D eigenvalue weighted by atomic mass is 32.2. The van der Waals surface area contributed by atoms with Crippen molar-refractivity contribution in [3.8, 4) is 0 Å². The minimum atomic E-state index is -3.57. The molecule has 0 radical (unpaired) electrons. The van der Waals surface area contributed by atoms with E-state index in [1.165, 1.54) is 38.9 Å². The van der Waals surface area contributed by atoms with Gasteiger partial charge in [-0.05, 0) is 75.1 Å². The normalized spacial score (nSPS) is 15.8. The zero-order valence-electron chi connectivity index (χ0n) is 19.0. The lowest BCUT2D eigenvalue weighted by Gasteiger charge is -2.23. The monoisotopic (exact) mass is 471 g/mol. The predicted octanol–water partition coefficient (Wildman–Crippen LogP) is 4.64. The molecule has 6 nitrogen and oxygen atoms in total. The topological polar surface area (TPSA) is 71.7 Å². The van der Waals surface area contributed by atoms with Crippen molar-refractivity contribution in [3.05, 3.63) is 57.9 Å². The van der Waals surface area contributed by atoms with Gasteiger partial charge in [0.25, 0.3) is 5.91 Å². The molecule has 0 aliphatic heterocycles. The van der Waals surface area contributed by atoms with Gasteiger partial charge in [-0.3, -0.25) is 4.79 Å². The molecular formula is C24H29N3O3S2. The van der Waals surface area contributed by atoms with Gasteiger partial charge < -0.3 is 4.57 Å². The molecule has 0 spiro atoms. The minimum absolute atomic E-state index is 0.0563. The fraction of sp³-hybridized carbons (Fsp3) is 0.417. The van der Waals surface area contributed by atoms with Gasteiger partial charge in [-0.2, -0.15) is 9.30 Å². The predicted molar refractivity (Wildman–Crippen MR) is 129 cm³/mol. The van der Waals surface area contributed by atoms with Crippen molar-refractivity contribution >= 4 is 37.5 Å². The summed E-state index contributed by atoms with van der Waals surface area (Å²) in [5, 5.41) is 0. The average Bonchev–Trinajstić information content (AvgIpc) is 3.41. The lowest BCUT2D eigenvalue weighted by atomic mass is 10.1. The first-order chi connectivity index (χ1) is 15.2. The first kappa shape index (κ1) is 22.9. The molecule has 4 rings (SSSR count). The van der Waals surface area contributed by atoms with Gasteiger partial charge in [0.1, 0.15) is 0 Å². The van der Waals surface area contributed by atoms with E-state index in [2.05, 4.69) is 31.0 Å². The molecule has 2 aromatic carbocycles. The summed E-state index contributed by atoms with van der Waals surface area (Å²) in [4.78, 5) is 18.1. The van der Waals surface area contributed by atoms with Gasteiger partial charge in [0.2, 0.25) is 10.0 Å². The van der Waals surface area contributed by atoms with Crippen LogP contribution in [0.3, 0.4) is 0 Å². The van der Waals surface area contributed by atoms with E-state index < -0.39 is 10.0 Å². The molecule has 0 atom stereocenters. The van der Waals surface area contributed by atoms with Gasteiger partial charge in [-0.25, -0.2) is 8.42 Å². The van der Waals surface area contributed by atoms with E-state index in [0.717, 1.165) is 35.9 Å². The number of nitrogens with zero attached hydrogens (tertiary/aromatic N) is 3. The SMILES string of the molecule is CCn1c(=NC(=O)c2ccc(S(=O)(=O)N(C)C3CCCC3)cc2)sc2c(C)cc(C)cc21. The Balaban J connectivity index is 1.65. The molecule has 0 N–H and O–H groups in total. The Hall–Kier alpha value is -2.29. The van der Waals surface area contributed by atoms with Crippen LogP contribution in [0.4, 0.5) is 0 Å². The summed E-state index contributed by atoms with van der Waals surface area (Å²) in [6.07, 6.45) is 3.93. The minimum Gasteiger partial charge on any atom is -0.317 e. The van der Waals surface area contributed by atoms with E-state index in [-0.39, 0.29) is 16.8 Å². The van der Waals surface area contributed by atoms with Gasteiger partial charge in [0.15, 0.2) is 4.80 Å². The molecular weight excluding hydrogens is 442 g/mol. The van der Waals surface area contributed by atoms with Crippen LogP contribution >= 0.6 is 11.3 Å². The zero-order valence-corrected chi connectivity index (χ0v) is 20.6. The van der Waals surface area contributed by atoms with Crippen molar-refractivity contribution in [1.82, 2.24) is 8.87 Å². The van der Waals surface area contributed by atoms with Gasteiger partial charge in [-0.1, -0.05) is 30.2 Å². The number of carbonyl (C=O) groups is 1. The van der Waals surface area contributed by atoms with E-state index in [4.69, 9.17) is 0 Å². The summed E-state index contributed by atoms with van der Waals surface area (Å²) < 4.78 is 30.6. The van der Waals surface area contributed by atoms with Crippen molar-refractivity contribution in [1.29, 1.82) is 0 Å². The summed E-state index contributed by atoms with van der Waals surface area (Å²) in [5.41, 5.74) is 3.80. The quantitative estimate of drug-likeness (QED) is 0.544. The maximum Gasteiger partial charge on any atom is 0.279 e. The fourth-order valence-corrected chi connectivity index (χ4v) is 7.01. The molecule has 32 heavy (non-hydrogen) atoms. The summed E-state index contributed by atoms with van der Waals surface area (Å²) in [6, 6.07) is 10.4. The number of fused-ring (bicyclic) bond motifs is 1. The number of thiazole rings is 1. The Morgan fingerprint density at radius 2 is 1.81 bits per heavy atom. The Morgan fingerprint density at radius 3 is 2.44 bits per heavy atom. The molecule has 0 saturated heterocycles. The number of benzene rings is 2. The molecule has 8 heteroatoms. The maximum absolute atomic E-state index is 12.9. The number of aromatic nitrogens is 1. The van der Waals surface area contributed by atoms with Crippen LogP contribution in [0.1, 0.15) is 54.1 Å². The molecule has 1 saturated carbocycles. The highest BCUT2D eigenvalue weighted by molar-refractivity contribution is 7.89. The van der Waals surface area contributed by atoms with Gasteiger partial charge in [0.05, 0.1) is 15.1 Å². The smallest absolute Gasteiger partial charge is 0.279 e. The van der Waals surface area contributed by atoms with Crippen LogP contribution in [0.25, 0.3) is 10.2 Å². The van der Waals surface area contributed by atoms with Crippen LogP contribution in [-0.2, 0) is 16.6 Å². The van der Waals surface area contributed by atoms with Crippen LogP contribution in [0, 0.1) is 13.8 Å². The average molecular weight is 472 g/mol. The van der Waals surface area contributed by atoms with E-state index in [1.807, 2.05) is 11.5 Å². The number of amides is 1. The summed E-state index contributed by atoms with van der Waals surface area (Å²) in [5.74, 6) is -0.374. The van der Waals surface area contributed by atoms with E-state index in [0.29, 0.717) is 16.9 Å². The molecule has 1 aliphatic carbocycles. The second-order valence-corrected chi connectivity index (χ2v) is 11.4. The maximum atomic E-state index is 12.9. The standard InChI is InChI=1S/C24H29N3O3S2/c1-5-27-21-15-16(2)14-17(3)22(21)31-24(27)25-23(28)18-10-12-20(13-11-18)32(29,30)26(4)19-8-6-7-9-19/h10-15,19H,5-9H2,1-4H3. The van der Waals surface area contributed by atoms with Crippen LogP contribution in [-0.4, -0.2) is 36.3 Å². The van der Waals surface area contributed by atoms with Gasteiger partial charge in [0, 0.05) is 25.2 Å². The van der Waals surface area contributed by atoms with Crippen molar-refractivity contribution in [2.75, 3.05) is 7.05 Å². The number of rotatable bonds is 5. The summed E-state index contributed by atoms with van der Waals surface area (Å²) in [7, 11) is -1.92. The van der Waals surface area contributed by atoms with Crippen molar-refractivity contribution in [2.45, 2.75) is 63.9 Å². The Kier molecular flexibility index (Phi) is 6.38. The van der Waals surface area contributed by atoms with Gasteiger partial charge in [-0.15, -0.1) is 0 Å². The second kappa shape index (κ2) is 8.92. The zero-order chi connectivity index (χ0) is 23.0. The Morgan fingerprint density at radius 1 is 1.16 bits per heavy atom. The molecule has 1 aromatic heterocycles. The number of carbonyl (C=O) groups excluding carboxylic acids is 1. The molecule has 1 amide bonds. The molecule has 0 unspecified atom stereocenters. The molecule has 3 aromatic rings. The van der Waals surface area contributed by atoms with Crippen molar-refractivity contribution < 1.29 is 13.2 Å². The number of sulfonamides is 1. The van der Waals surface area contributed by atoms with Crippen LogP contribution in [0.15, 0.2) is 46.3 Å². The molecule has 1 aliphatic rings. The highest BCUT2D eigenvalue weighted by Crippen LogP contribution is 2.27. The van der Waals surface area contributed by atoms with Crippen LogP contribution in [0.5, 0.6) is 0 Å². The van der Waals surface area contributed by atoms with Crippen LogP contribution < -0.4 is 4.80 Å². The number of hydrogen-bond donors (Lipinski definition) is 0. The third kappa shape index (κ3) is 4.19. The number of hydrogen-bond acceptors (Lipinski definition) is 4. The van der Waals surface area contributed by atoms with Crippen molar-refractivity contribution in [2.24, 2.45) is 4.99 Å². The van der Waals surface area contributed by atoms with Crippen molar-refractivity contribution in [3.63, 3.8) is 0 Å². The molecule has 0 bridgehead atoms. The summed E-state index contributed by atoms with van der Waals surface area (Å²) >= 11 is 1.51. The van der Waals surface area contributed by atoms with Crippen LogP contribution in [0.2, 0.25) is 0 Å². The lowest BCUT2D eigenvalue weighted by Crippen LogP contribution is -2.35. The molecule has 1 fully saturated rings. The lowest BCUT2D eigenvalue weighted by molar-refractivity contribution is 0.0997. The first-order valence-electron chi connectivity index (χ1n) is 11.0. The van der Waals surface area contributed by atoms with E-state index in [9.17, 15) is 13.2 Å².